The zero-order valence-corrected chi connectivity index (χ0v) is 12.6. The fourth-order valence-corrected chi connectivity index (χ4v) is 2.67. The van der Waals surface area contributed by atoms with Crippen LogP contribution in [0.1, 0.15) is 18.1 Å². The molecule has 0 saturated heterocycles. The molecular formula is C18H16N2O3. The number of hydrogen-bond donors (Lipinski definition) is 1. The smallest absolute Gasteiger partial charge is 0.344 e. The van der Waals surface area contributed by atoms with Gasteiger partial charge in [-0.05, 0) is 25.1 Å². The Hall–Kier alpha value is -2.95. The Labute approximate surface area is 134 Å². The van der Waals surface area contributed by atoms with Gasteiger partial charge in [0.2, 0.25) is 5.90 Å². The molecule has 2 heterocycles. The van der Waals surface area contributed by atoms with Crippen molar-refractivity contribution in [3.63, 3.8) is 0 Å². The van der Waals surface area contributed by atoms with Gasteiger partial charge in [-0.15, -0.1) is 5.10 Å². The van der Waals surface area contributed by atoms with Gasteiger partial charge in [0.1, 0.15) is 11.5 Å². The van der Waals surface area contributed by atoms with Crippen molar-refractivity contribution < 1.29 is 14.6 Å². The molecular weight excluding hydrogens is 292 g/mol. The van der Waals surface area contributed by atoms with E-state index in [4.69, 9.17) is 9.47 Å². The molecule has 2 aliphatic rings. The van der Waals surface area contributed by atoms with E-state index in [1.165, 1.54) is 0 Å². The number of phenols is 1. The highest BCUT2D eigenvalue weighted by molar-refractivity contribution is 5.97. The highest BCUT2D eigenvalue weighted by Crippen LogP contribution is 2.32. The molecule has 0 amide bonds. The third-order valence-electron chi connectivity index (χ3n) is 3.87. The van der Waals surface area contributed by atoms with E-state index in [2.05, 4.69) is 5.10 Å². The molecule has 23 heavy (non-hydrogen) atoms. The molecule has 2 atom stereocenters. The van der Waals surface area contributed by atoms with Gasteiger partial charge in [0, 0.05) is 5.56 Å². The molecule has 0 bridgehead atoms. The average molecular weight is 308 g/mol. The molecule has 0 aliphatic carbocycles. The Kier molecular flexibility index (Phi) is 3.19. The van der Waals surface area contributed by atoms with Crippen LogP contribution in [0.4, 0.5) is 0 Å². The van der Waals surface area contributed by atoms with Crippen LogP contribution in [0.2, 0.25) is 0 Å². The minimum absolute atomic E-state index is 0.0207. The van der Waals surface area contributed by atoms with Crippen LogP contribution in [-0.4, -0.2) is 28.5 Å². The standard InChI is InChI=1S/C18H16N2O3/c1-12-11-16(13-7-3-2-4-8-13)22-18-20(12)19-17(23-18)14-9-5-6-10-15(14)21/h2-12,18,21H,1H3. The summed E-state index contributed by atoms with van der Waals surface area (Å²) in [5.41, 5.74) is 1.55. The van der Waals surface area contributed by atoms with Gasteiger partial charge in [-0.25, -0.2) is 5.01 Å². The number of fused-ring (bicyclic) bond motifs is 1. The molecule has 0 radical (unpaired) electrons. The number of benzene rings is 2. The molecule has 0 aromatic heterocycles. The Bertz CT molecular complexity index is 786. The Morgan fingerprint density at radius 1 is 1.00 bits per heavy atom. The lowest BCUT2D eigenvalue weighted by Gasteiger charge is -2.31. The maximum atomic E-state index is 9.97. The molecule has 2 aliphatic heterocycles. The first-order chi connectivity index (χ1) is 11.2. The number of nitrogens with zero attached hydrogens (tertiary/aromatic N) is 2. The lowest BCUT2D eigenvalue weighted by molar-refractivity contribution is -0.133. The summed E-state index contributed by atoms with van der Waals surface area (Å²) in [7, 11) is 0. The van der Waals surface area contributed by atoms with Crippen molar-refractivity contribution in [2.75, 3.05) is 0 Å². The highest BCUT2D eigenvalue weighted by Gasteiger charge is 2.37. The summed E-state index contributed by atoms with van der Waals surface area (Å²) in [4.78, 5) is 0. The summed E-state index contributed by atoms with van der Waals surface area (Å²) < 4.78 is 11.7. The second kappa shape index (κ2) is 5.35. The van der Waals surface area contributed by atoms with Crippen LogP contribution in [0.15, 0.2) is 65.8 Å². The van der Waals surface area contributed by atoms with Crippen molar-refractivity contribution in [3.8, 4) is 5.75 Å². The van der Waals surface area contributed by atoms with Crippen LogP contribution in [0.5, 0.6) is 5.75 Å². The molecule has 2 aromatic rings. The average Bonchev–Trinajstić information content (AvgIpc) is 3.00. The largest absolute Gasteiger partial charge is 0.507 e. The second-order valence-electron chi connectivity index (χ2n) is 5.48. The first-order valence-corrected chi connectivity index (χ1v) is 7.48. The summed E-state index contributed by atoms with van der Waals surface area (Å²) in [6.07, 6.45) is 1.38. The molecule has 2 aromatic carbocycles. The van der Waals surface area contributed by atoms with E-state index in [1.807, 2.05) is 49.4 Å². The summed E-state index contributed by atoms with van der Waals surface area (Å²) in [5, 5.41) is 16.2. The lowest BCUT2D eigenvalue weighted by atomic mass is 10.1. The van der Waals surface area contributed by atoms with E-state index in [0.717, 1.165) is 11.3 Å². The summed E-state index contributed by atoms with van der Waals surface area (Å²) in [5.74, 6) is 1.27. The van der Waals surface area contributed by atoms with Crippen molar-refractivity contribution in [2.24, 2.45) is 5.10 Å². The molecule has 1 N–H and O–H groups in total. The predicted molar refractivity (Wildman–Crippen MR) is 86.3 cm³/mol. The second-order valence-corrected chi connectivity index (χ2v) is 5.48. The quantitative estimate of drug-likeness (QED) is 0.926. The van der Waals surface area contributed by atoms with Gasteiger partial charge in [0.15, 0.2) is 0 Å². The Morgan fingerprint density at radius 2 is 1.74 bits per heavy atom. The number of ether oxygens (including phenoxy) is 2. The van der Waals surface area contributed by atoms with E-state index < -0.39 is 6.41 Å². The third kappa shape index (κ3) is 2.40. The van der Waals surface area contributed by atoms with E-state index >= 15 is 0 Å². The number of aromatic hydroxyl groups is 1. The molecule has 116 valence electrons. The number of phenolic OH excluding ortho intramolecular Hbond substituents is 1. The molecule has 5 heteroatoms. The number of rotatable bonds is 2. The summed E-state index contributed by atoms with van der Waals surface area (Å²) in [6, 6.07) is 16.9. The lowest BCUT2D eigenvalue weighted by Crippen LogP contribution is -2.39. The monoisotopic (exact) mass is 308 g/mol. The van der Waals surface area contributed by atoms with Crippen molar-refractivity contribution in [1.29, 1.82) is 0 Å². The third-order valence-corrected chi connectivity index (χ3v) is 3.87. The van der Waals surface area contributed by atoms with E-state index in [9.17, 15) is 5.11 Å². The fourth-order valence-electron chi connectivity index (χ4n) is 2.67. The number of hydrogen-bond acceptors (Lipinski definition) is 5. The van der Waals surface area contributed by atoms with Crippen molar-refractivity contribution >= 4 is 11.7 Å². The van der Waals surface area contributed by atoms with Crippen LogP contribution in [0.3, 0.4) is 0 Å². The topological polar surface area (TPSA) is 54.3 Å². The van der Waals surface area contributed by atoms with Gasteiger partial charge in [0.25, 0.3) is 0 Å². The molecule has 0 spiro atoms. The molecule has 2 unspecified atom stereocenters. The van der Waals surface area contributed by atoms with Gasteiger partial charge in [-0.2, -0.15) is 0 Å². The Morgan fingerprint density at radius 3 is 2.52 bits per heavy atom. The molecule has 4 rings (SSSR count). The van der Waals surface area contributed by atoms with Crippen molar-refractivity contribution in [2.45, 2.75) is 19.4 Å². The van der Waals surface area contributed by atoms with Crippen LogP contribution >= 0.6 is 0 Å². The predicted octanol–water partition coefficient (Wildman–Crippen LogP) is 3.13. The Balaban J connectivity index is 1.61. The minimum atomic E-state index is -0.625. The van der Waals surface area contributed by atoms with Gasteiger partial charge >= 0.3 is 6.41 Å². The van der Waals surface area contributed by atoms with E-state index in [1.54, 1.807) is 23.2 Å². The molecule has 0 fully saturated rings. The van der Waals surface area contributed by atoms with Crippen LogP contribution in [0, 0.1) is 0 Å². The first-order valence-electron chi connectivity index (χ1n) is 7.48. The SMILES string of the molecule is CC1C=C(c2ccccc2)OC2OC(c3ccccc3O)=NN12. The first kappa shape index (κ1) is 13.7. The van der Waals surface area contributed by atoms with E-state index in [0.29, 0.717) is 11.5 Å². The van der Waals surface area contributed by atoms with Gasteiger partial charge in [-0.1, -0.05) is 42.5 Å². The van der Waals surface area contributed by atoms with E-state index in [-0.39, 0.29) is 11.8 Å². The number of hydrazone groups is 1. The van der Waals surface area contributed by atoms with Gasteiger partial charge in [0.05, 0.1) is 11.6 Å². The summed E-state index contributed by atoms with van der Waals surface area (Å²) >= 11 is 0. The summed E-state index contributed by atoms with van der Waals surface area (Å²) in [6.45, 7) is 2.03. The van der Waals surface area contributed by atoms with Crippen LogP contribution in [0.25, 0.3) is 5.76 Å². The normalized spacial score (nSPS) is 22.6. The molecule has 5 nitrogen and oxygen atoms in total. The molecule has 0 saturated carbocycles. The van der Waals surface area contributed by atoms with Gasteiger partial charge < -0.3 is 14.6 Å². The highest BCUT2D eigenvalue weighted by atomic mass is 16.7. The van der Waals surface area contributed by atoms with Crippen LogP contribution < -0.4 is 0 Å². The zero-order valence-electron chi connectivity index (χ0n) is 12.6. The van der Waals surface area contributed by atoms with Crippen LogP contribution in [-0.2, 0) is 9.47 Å². The minimum Gasteiger partial charge on any atom is -0.507 e. The van der Waals surface area contributed by atoms with Crippen molar-refractivity contribution in [3.05, 3.63) is 71.8 Å². The van der Waals surface area contributed by atoms with Crippen molar-refractivity contribution in [1.82, 2.24) is 5.01 Å². The maximum Gasteiger partial charge on any atom is 0.344 e. The van der Waals surface area contributed by atoms with Gasteiger partial charge in [-0.3, -0.25) is 0 Å². The number of para-hydroxylation sites is 1. The maximum absolute atomic E-state index is 9.97. The zero-order chi connectivity index (χ0) is 15.8. The fraction of sp³-hybridized carbons (Fsp3) is 0.167.